The van der Waals surface area contributed by atoms with Crippen LogP contribution in [0.3, 0.4) is 0 Å². The summed E-state index contributed by atoms with van der Waals surface area (Å²) < 4.78 is 6.87. The molecule has 0 atom stereocenters. The van der Waals surface area contributed by atoms with Crippen LogP contribution in [0.5, 0.6) is 5.75 Å². The van der Waals surface area contributed by atoms with Gasteiger partial charge in [0.2, 0.25) is 0 Å². The molecule has 0 aliphatic heterocycles. The summed E-state index contributed by atoms with van der Waals surface area (Å²) in [4.78, 5) is 0. The number of rotatable bonds is 5. The van der Waals surface area contributed by atoms with Gasteiger partial charge >= 0.3 is 0 Å². The second-order valence-electron chi connectivity index (χ2n) is 4.68. The third kappa shape index (κ3) is 3.98. The third-order valence-electron chi connectivity index (χ3n) is 3.03. The minimum Gasteiger partial charge on any atom is -0.489 e. The minimum atomic E-state index is 0.461. The van der Waals surface area contributed by atoms with Gasteiger partial charge in [0.15, 0.2) is 0 Å². The molecule has 0 saturated carbocycles. The Morgan fingerprint density at radius 2 is 1.95 bits per heavy atom. The van der Waals surface area contributed by atoms with E-state index in [0.29, 0.717) is 13.2 Å². The van der Waals surface area contributed by atoms with Gasteiger partial charge in [0.25, 0.3) is 0 Å². The number of benzene rings is 2. The largest absolute Gasteiger partial charge is 0.489 e. The van der Waals surface area contributed by atoms with E-state index in [1.54, 1.807) is 0 Å². The first kappa shape index (κ1) is 15.4. The molecule has 0 saturated heterocycles. The van der Waals surface area contributed by atoms with Crippen molar-refractivity contribution in [3.05, 3.63) is 62.6 Å². The Kier molecular flexibility index (Phi) is 5.46. The van der Waals surface area contributed by atoms with E-state index in [2.05, 4.69) is 15.9 Å². The number of hydrogen-bond acceptors (Lipinski definition) is 2. The Morgan fingerprint density at radius 1 is 1.15 bits per heavy atom. The van der Waals surface area contributed by atoms with Crippen LogP contribution >= 0.6 is 27.5 Å². The summed E-state index contributed by atoms with van der Waals surface area (Å²) in [6.45, 7) is 3.10. The molecule has 2 aromatic rings. The fraction of sp³-hybridized carbons (Fsp3) is 0.250. The molecule has 0 amide bonds. The van der Waals surface area contributed by atoms with E-state index in [0.717, 1.165) is 38.4 Å². The van der Waals surface area contributed by atoms with Gasteiger partial charge in [-0.2, -0.15) is 0 Å². The molecule has 0 spiro atoms. The van der Waals surface area contributed by atoms with Crippen LogP contribution in [0.25, 0.3) is 0 Å². The normalized spacial score (nSPS) is 10.6. The monoisotopic (exact) mass is 353 g/mol. The van der Waals surface area contributed by atoms with Gasteiger partial charge in [-0.05, 0) is 55.3 Å². The van der Waals surface area contributed by atoms with Crippen molar-refractivity contribution < 1.29 is 4.74 Å². The lowest BCUT2D eigenvalue weighted by Gasteiger charge is -2.11. The van der Waals surface area contributed by atoms with Gasteiger partial charge < -0.3 is 10.5 Å². The van der Waals surface area contributed by atoms with Gasteiger partial charge in [-0.3, -0.25) is 0 Å². The standard InChI is InChI=1S/C16H17BrClNO/c1-11-2-3-13(16(18)8-11)10-20-14-4-5-15(17)12(9-14)6-7-19/h2-5,8-9H,6-7,10,19H2,1H3. The quantitative estimate of drug-likeness (QED) is 0.858. The second-order valence-corrected chi connectivity index (χ2v) is 5.94. The predicted octanol–water partition coefficient (Wildman–Crippen LogP) is 4.49. The number of nitrogens with two attached hydrogens (primary N) is 1. The molecule has 2 nitrogen and oxygen atoms in total. The third-order valence-corrected chi connectivity index (χ3v) is 4.16. The molecule has 2 aromatic carbocycles. The van der Waals surface area contributed by atoms with Crippen molar-refractivity contribution in [2.75, 3.05) is 6.54 Å². The molecule has 0 aliphatic carbocycles. The molecule has 20 heavy (non-hydrogen) atoms. The summed E-state index contributed by atoms with van der Waals surface area (Å²) in [5, 5.41) is 0.740. The number of halogens is 2. The van der Waals surface area contributed by atoms with Crippen molar-refractivity contribution in [1.82, 2.24) is 0 Å². The molecule has 2 N–H and O–H groups in total. The average Bonchev–Trinajstić information content (AvgIpc) is 2.41. The molecular formula is C16H17BrClNO. The Hall–Kier alpha value is -1.03. The smallest absolute Gasteiger partial charge is 0.120 e. The molecule has 0 unspecified atom stereocenters. The molecule has 0 heterocycles. The zero-order valence-electron chi connectivity index (χ0n) is 11.3. The highest BCUT2D eigenvalue weighted by Crippen LogP contribution is 2.25. The molecular weight excluding hydrogens is 338 g/mol. The van der Waals surface area contributed by atoms with E-state index >= 15 is 0 Å². The van der Waals surface area contributed by atoms with Crippen molar-refractivity contribution in [2.45, 2.75) is 20.0 Å². The first-order valence-corrected chi connectivity index (χ1v) is 7.63. The summed E-state index contributed by atoms with van der Waals surface area (Å²) >= 11 is 9.71. The first-order chi connectivity index (χ1) is 9.60. The van der Waals surface area contributed by atoms with E-state index in [-0.39, 0.29) is 0 Å². The van der Waals surface area contributed by atoms with Crippen LogP contribution in [0.15, 0.2) is 40.9 Å². The molecule has 0 fully saturated rings. The van der Waals surface area contributed by atoms with E-state index in [9.17, 15) is 0 Å². The average molecular weight is 355 g/mol. The van der Waals surface area contributed by atoms with E-state index < -0.39 is 0 Å². The summed E-state index contributed by atoms with van der Waals surface area (Å²) in [5.74, 6) is 0.827. The van der Waals surface area contributed by atoms with Crippen LogP contribution in [-0.4, -0.2) is 6.54 Å². The Labute approximate surface area is 133 Å². The minimum absolute atomic E-state index is 0.461. The van der Waals surface area contributed by atoms with Crippen LogP contribution in [0.2, 0.25) is 5.02 Å². The van der Waals surface area contributed by atoms with Crippen molar-refractivity contribution >= 4 is 27.5 Å². The zero-order valence-corrected chi connectivity index (χ0v) is 13.7. The first-order valence-electron chi connectivity index (χ1n) is 6.46. The van der Waals surface area contributed by atoms with Crippen LogP contribution in [-0.2, 0) is 13.0 Å². The summed E-state index contributed by atoms with van der Waals surface area (Å²) in [6, 6.07) is 11.9. The van der Waals surface area contributed by atoms with E-state index in [1.807, 2.05) is 43.3 Å². The van der Waals surface area contributed by atoms with Crippen LogP contribution in [0.1, 0.15) is 16.7 Å². The van der Waals surface area contributed by atoms with Crippen molar-refractivity contribution in [3.63, 3.8) is 0 Å². The van der Waals surface area contributed by atoms with Crippen molar-refractivity contribution in [1.29, 1.82) is 0 Å². The highest BCUT2D eigenvalue weighted by atomic mass is 79.9. The van der Waals surface area contributed by atoms with Crippen LogP contribution < -0.4 is 10.5 Å². The maximum Gasteiger partial charge on any atom is 0.120 e. The highest BCUT2D eigenvalue weighted by Gasteiger charge is 2.05. The lowest BCUT2D eigenvalue weighted by Crippen LogP contribution is -2.04. The van der Waals surface area contributed by atoms with Gasteiger partial charge in [0.05, 0.1) is 0 Å². The van der Waals surface area contributed by atoms with Crippen molar-refractivity contribution in [3.8, 4) is 5.75 Å². The zero-order chi connectivity index (χ0) is 14.5. The Balaban J connectivity index is 2.08. The maximum atomic E-state index is 6.20. The van der Waals surface area contributed by atoms with Gasteiger partial charge in [0.1, 0.15) is 12.4 Å². The highest BCUT2D eigenvalue weighted by molar-refractivity contribution is 9.10. The number of ether oxygens (including phenoxy) is 1. The van der Waals surface area contributed by atoms with Crippen LogP contribution in [0.4, 0.5) is 0 Å². The fourth-order valence-corrected chi connectivity index (χ4v) is 2.65. The lowest BCUT2D eigenvalue weighted by molar-refractivity contribution is 0.306. The van der Waals surface area contributed by atoms with E-state index in [1.165, 1.54) is 0 Å². The fourth-order valence-electron chi connectivity index (χ4n) is 1.92. The molecule has 0 bridgehead atoms. The second kappa shape index (κ2) is 7.11. The summed E-state index contributed by atoms with van der Waals surface area (Å²) in [5.41, 5.74) is 8.88. The van der Waals surface area contributed by atoms with E-state index in [4.69, 9.17) is 22.1 Å². The van der Waals surface area contributed by atoms with Gasteiger partial charge in [0, 0.05) is 15.1 Å². The topological polar surface area (TPSA) is 35.2 Å². The SMILES string of the molecule is Cc1ccc(COc2ccc(Br)c(CCN)c2)c(Cl)c1. The molecule has 0 aliphatic rings. The summed E-state index contributed by atoms with van der Waals surface area (Å²) in [7, 11) is 0. The van der Waals surface area contributed by atoms with Gasteiger partial charge in [-0.1, -0.05) is 39.7 Å². The number of aryl methyl sites for hydroxylation is 1. The molecule has 4 heteroatoms. The van der Waals surface area contributed by atoms with Crippen molar-refractivity contribution in [2.24, 2.45) is 5.73 Å². The van der Waals surface area contributed by atoms with Gasteiger partial charge in [-0.25, -0.2) is 0 Å². The number of hydrogen-bond donors (Lipinski definition) is 1. The molecule has 2 rings (SSSR count). The summed E-state index contributed by atoms with van der Waals surface area (Å²) in [6.07, 6.45) is 0.822. The molecule has 0 radical (unpaired) electrons. The Bertz CT molecular complexity index is 601. The molecule has 106 valence electrons. The van der Waals surface area contributed by atoms with Gasteiger partial charge in [-0.15, -0.1) is 0 Å². The lowest BCUT2D eigenvalue weighted by atomic mass is 10.1. The maximum absolute atomic E-state index is 6.20. The predicted molar refractivity (Wildman–Crippen MR) is 87.4 cm³/mol. The Morgan fingerprint density at radius 3 is 2.65 bits per heavy atom. The molecule has 0 aromatic heterocycles. The van der Waals surface area contributed by atoms with Crippen LogP contribution in [0, 0.1) is 6.92 Å².